The number of carbonyl (C=O) groups is 1. The van der Waals surface area contributed by atoms with Crippen LogP contribution in [0.2, 0.25) is 0 Å². The van der Waals surface area contributed by atoms with Crippen molar-refractivity contribution in [3.8, 4) is 0 Å². The molecule has 1 aliphatic rings. The number of rotatable bonds is 6. The Morgan fingerprint density at radius 2 is 2.04 bits per heavy atom. The van der Waals surface area contributed by atoms with Gasteiger partial charge in [-0.15, -0.1) is 11.3 Å². The Morgan fingerprint density at radius 1 is 1.38 bits per heavy atom. The smallest absolute Gasteiger partial charge is 0.348 e. The largest absolute Gasteiger partial charge is 0.456 e. The Bertz CT molecular complexity index is 577. The molecule has 136 valence electrons. The number of ether oxygens (including phenoxy) is 2. The second kappa shape index (κ2) is 8.42. The predicted molar refractivity (Wildman–Crippen MR) is 98.2 cm³/mol. The van der Waals surface area contributed by atoms with Gasteiger partial charge in [0.1, 0.15) is 26.5 Å². The van der Waals surface area contributed by atoms with Gasteiger partial charge in [-0.3, -0.25) is 9.21 Å². The van der Waals surface area contributed by atoms with E-state index in [1.807, 2.05) is 31.1 Å². The molecule has 1 fully saturated rings. The minimum atomic E-state index is -1.14. The number of anilines is 1. The second-order valence-electron chi connectivity index (χ2n) is 6.62. The highest BCUT2D eigenvalue weighted by atomic mass is 32.2. The van der Waals surface area contributed by atoms with Gasteiger partial charge in [0.05, 0.1) is 13.2 Å². The maximum atomic E-state index is 12.1. The van der Waals surface area contributed by atoms with Crippen LogP contribution in [0.1, 0.15) is 30.4 Å². The molecule has 24 heavy (non-hydrogen) atoms. The van der Waals surface area contributed by atoms with E-state index < -0.39 is 16.6 Å². The van der Waals surface area contributed by atoms with E-state index in [4.69, 9.17) is 9.47 Å². The van der Waals surface area contributed by atoms with Gasteiger partial charge in [-0.1, -0.05) is 0 Å². The number of hydrogen-bond donors (Lipinski definition) is 0. The van der Waals surface area contributed by atoms with Crippen LogP contribution in [0.3, 0.4) is 0 Å². The molecule has 0 saturated carbocycles. The zero-order valence-electron chi connectivity index (χ0n) is 14.7. The molecular weight excluding hydrogens is 348 g/mol. The van der Waals surface area contributed by atoms with Gasteiger partial charge in [0.25, 0.3) is 0 Å². The van der Waals surface area contributed by atoms with Gasteiger partial charge in [-0.05, 0) is 32.9 Å². The van der Waals surface area contributed by atoms with Gasteiger partial charge >= 0.3 is 5.97 Å². The fourth-order valence-electron chi connectivity index (χ4n) is 2.32. The molecule has 0 spiro atoms. The Hall–Kier alpha value is -0.960. The minimum Gasteiger partial charge on any atom is -0.456 e. The van der Waals surface area contributed by atoms with Crippen LogP contribution in [0.15, 0.2) is 12.1 Å². The number of hydrogen-bond acceptors (Lipinski definition) is 6. The summed E-state index contributed by atoms with van der Waals surface area (Å²) in [7, 11) is -1.14. The van der Waals surface area contributed by atoms with Crippen LogP contribution in [0.4, 0.5) is 5.00 Å². The Morgan fingerprint density at radius 3 is 2.62 bits per heavy atom. The van der Waals surface area contributed by atoms with Crippen molar-refractivity contribution in [3.05, 3.63) is 17.0 Å². The molecule has 0 bridgehead atoms. The summed E-state index contributed by atoms with van der Waals surface area (Å²) in [6.45, 7) is 10.3. The number of thiophene rings is 1. The van der Waals surface area contributed by atoms with Crippen molar-refractivity contribution in [3.63, 3.8) is 0 Å². The monoisotopic (exact) mass is 374 g/mol. The first kappa shape index (κ1) is 19.4. The molecule has 2 rings (SSSR count). The number of carbonyl (C=O) groups excluding carboxylic acids is 1. The first-order valence-corrected chi connectivity index (χ1v) is 10.3. The normalized spacial score (nSPS) is 17.5. The average molecular weight is 375 g/mol. The maximum Gasteiger partial charge on any atom is 0.348 e. The summed E-state index contributed by atoms with van der Waals surface area (Å²) in [5.41, 5.74) is -0.523. The molecule has 0 aliphatic carbocycles. The molecule has 8 heteroatoms. The summed E-state index contributed by atoms with van der Waals surface area (Å²) >= 11 is 1.32. The van der Waals surface area contributed by atoms with Gasteiger partial charge in [0.2, 0.25) is 0 Å². The molecule has 0 aromatic carbocycles. The first-order chi connectivity index (χ1) is 11.3. The summed E-state index contributed by atoms with van der Waals surface area (Å²) in [5, 5.41) is 0.824. The van der Waals surface area contributed by atoms with Gasteiger partial charge in [0.15, 0.2) is 0 Å². The summed E-state index contributed by atoms with van der Waals surface area (Å²) in [5.74, 6) is -0.339. The zero-order valence-corrected chi connectivity index (χ0v) is 16.4. The van der Waals surface area contributed by atoms with Gasteiger partial charge in [-0.2, -0.15) is 0 Å². The lowest BCUT2D eigenvalue weighted by Gasteiger charge is -2.29. The Balaban J connectivity index is 2.00. The van der Waals surface area contributed by atoms with E-state index in [1.54, 1.807) is 12.3 Å². The zero-order chi connectivity index (χ0) is 17.7. The van der Waals surface area contributed by atoms with Crippen LogP contribution in [0.25, 0.3) is 0 Å². The lowest BCUT2D eigenvalue weighted by molar-refractivity contribution is 0.00752. The average Bonchev–Trinajstić information content (AvgIpc) is 2.96. The van der Waals surface area contributed by atoms with Gasteiger partial charge in [0, 0.05) is 32.4 Å². The van der Waals surface area contributed by atoms with E-state index in [-0.39, 0.29) is 5.97 Å². The van der Waals surface area contributed by atoms with Gasteiger partial charge in [-0.25, -0.2) is 9.00 Å². The molecule has 0 N–H and O–H groups in total. The second-order valence-corrected chi connectivity index (χ2v) is 8.97. The van der Waals surface area contributed by atoms with Crippen molar-refractivity contribution in [2.45, 2.75) is 26.4 Å². The molecule has 1 aromatic rings. The van der Waals surface area contributed by atoms with E-state index in [9.17, 15) is 9.00 Å². The summed E-state index contributed by atoms with van der Waals surface area (Å²) < 4.78 is 24.7. The predicted octanol–water partition coefficient (Wildman–Crippen LogP) is 2.14. The summed E-state index contributed by atoms with van der Waals surface area (Å²) in [4.78, 5) is 15.0. The van der Waals surface area contributed by atoms with Crippen LogP contribution in [-0.4, -0.2) is 66.3 Å². The third kappa shape index (κ3) is 5.84. The lowest BCUT2D eigenvalue weighted by Crippen LogP contribution is -2.41. The van der Waals surface area contributed by atoms with E-state index in [2.05, 4.69) is 4.90 Å². The lowest BCUT2D eigenvalue weighted by atomic mass is 10.2. The minimum absolute atomic E-state index is 0.339. The molecule has 0 radical (unpaired) electrons. The molecule has 1 atom stereocenters. The van der Waals surface area contributed by atoms with E-state index in [1.165, 1.54) is 11.3 Å². The Labute approximate surface area is 150 Å². The number of esters is 1. The van der Waals surface area contributed by atoms with E-state index in [0.717, 1.165) is 37.8 Å². The van der Waals surface area contributed by atoms with Crippen LogP contribution in [-0.2, 0) is 20.5 Å². The topological polar surface area (TPSA) is 59.1 Å². The van der Waals surface area contributed by atoms with Crippen molar-refractivity contribution in [2.24, 2.45) is 0 Å². The molecule has 6 nitrogen and oxygen atoms in total. The highest BCUT2D eigenvalue weighted by Gasteiger charge is 2.22. The molecule has 0 amide bonds. The molecule has 1 aromatic heterocycles. The van der Waals surface area contributed by atoms with Crippen molar-refractivity contribution >= 4 is 33.3 Å². The van der Waals surface area contributed by atoms with Crippen LogP contribution in [0.5, 0.6) is 0 Å². The van der Waals surface area contributed by atoms with Crippen LogP contribution < -0.4 is 4.31 Å². The molecule has 1 aliphatic heterocycles. The first-order valence-electron chi connectivity index (χ1n) is 8.00. The SMILES string of the molecule is CS(=O)N(CCN1CCOCC1)c1ccc(C(=O)OC(C)(C)C)s1. The third-order valence-corrected chi connectivity index (χ3v) is 5.67. The standard InChI is InChI=1S/C16H26N2O4S2/c1-16(2,3)22-15(19)13-5-6-14(23-13)18(24(4)20)8-7-17-9-11-21-12-10-17/h5-6H,7-12H2,1-4H3. The molecule has 1 unspecified atom stereocenters. The number of morpholine rings is 1. The van der Waals surface area contributed by atoms with E-state index in [0.29, 0.717) is 11.4 Å². The molecule has 2 heterocycles. The fraction of sp³-hybridized carbons (Fsp3) is 0.688. The highest BCUT2D eigenvalue weighted by molar-refractivity contribution is 7.86. The third-order valence-electron chi connectivity index (χ3n) is 3.47. The van der Waals surface area contributed by atoms with Crippen LogP contribution >= 0.6 is 11.3 Å². The summed E-state index contributed by atoms with van der Waals surface area (Å²) in [6, 6.07) is 3.58. The van der Waals surface area contributed by atoms with Crippen molar-refractivity contribution in [1.29, 1.82) is 0 Å². The number of nitrogens with zero attached hydrogens (tertiary/aromatic N) is 2. The van der Waals surface area contributed by atoms with Gasteiger partial charge < -0.3 is 9.47 Å². The Kier molecular flexibility index (Phi) is 6.79. The van der Waals surface area contributed by atoms with Crippen molar-refractivity contribution in [2.75, 3.05) is 50.0 Å². The van der Waals surface area contributed by atoms with Crippen molar-refractivity contribution < 1.29 is 18.5 Å². The van der Waals surface area contributed by atoms with E-state index >= 15 is 0 Å². The maximum absolute atomic E-state index is 12.1. The molecular formula is C16H26N2O4S2. The quantitative estimate of drug-likeness (QED) is 0.714. The van der Waals surface area contributed by atoms with Crippen molar-refractivity contribution in [1.82, 2.24) is 4.90 Å². The summed E-state index contributed by atoms with van der Waals surface area (Å²) in [6.07, 6.45) is 1.66. The fourth-order valence-corrected chi connectivity index (χ4v) is 4.22. The van der Waals surface area contributed by atoms with Crippen LogP contribution in [0, 0.1) is 0 Å². The molecule has 1 saturated heterocycles. The highest BCUT2D eigenvalue weighted by Crippen LogP contribution is 2.28.